The lowest BCUT2D eigenvalue weighted by molar-refractivity contribution is -0.247. The number of rotatable bonds is 2. The lowest BCUT2D eigenvalue weighted by Crippen LogP contribution is -2.70. The van der Waals surface area contributed by atoms with Crippen LogP contribution in [0, 0.1) is 10.8 Å². The average Bonchev–Trinajstić information content (AvgIpc) is 3.27. The van der Waals surface area contributed by atoms with Crippen LogP contribution in [-0.4, -0.2) is 65.2 Å². The average molecular weight is 338 g/mol. The molecule has 2 heterocycles. The Hall–Kier alpha value is -1.28. The molecule has 4 aliphatic rings. The van der Waals surface area contributed by atoms with Gasteiger partial charge in [0.2, 0.25) is 0 Å². The Balaban J connectivity index is 1.89. The predicted molar refractivity (Wildman–Crippen MR) is 79.9 cm³/mol. The number of hydrogen-bond acceptors (Lipinski definition) is 7. The van der Waals surface area contributed by atoms with Crippen molar-refractivity contribution < 1.29 is 34.0 Å². The van der Waals surface area contributed by atoms with Gasteiger partial charge in [0.1, 0.15) is 24.4 Å². The number of ether oxygens (including phenoxy) is 3. The van der Waals surface area contributed by atoms with Crippen molar-refractivity contribution in [3.8, 4) is 0 Å². The molecule has 2 saturated heterocycles. The number of esters is 1. The normalized spacial score (nSPS) is 52.0. The Bertz CT molecular complexity index is 651. The smallest absolute Gasteiger partial charge is 0.302 e. The molecular formula is C17H22O7. The second-order valence-corrected chi connectivity index (χ2v) is 7.70. The first-order chi connectivity index (χ1) is 11.2. The van der Waals surface area contributed by atoms with Crippen LogP contribution >= 0.6 is 0 Å². The van der Waals surface area contributed by atoms with Crippen molar-refractivity contribution in [3.63, 3.8) is 0 Å². The molecule has 2 aliphatic carbocycles. The minimum Gasteiger partial charge on any atom is -0.465 e. The third-order valence-electron chi connectivity index (χ3n) is 6.68. The van der Waals surface area contributed by atoms with Gasteiger partial charge in [-0.3, -0.25) is 9.59 Å². The van der Waals surface area contributed by atoms with Crippen molar-refractivity contribution in [2.45, 2.75) is 57.2 Å². The molecule has 1 saturated carbocycles. The number of ketones is 1. The van der Waals surface area contributed by atoms with Crippen LogP contribution in [-0.2, 0) is 23.8 Å². The highest BCUT2D eigenvalue weighted by Crippen LogP contribution is 2.71. The summed E-state index contributed by atoms with van der Waals surface area (Å²) < 4.78 is 17.1. The van der Waals surface area contributed by atoms with E-state index in [4.69, 9.17) is 14.2 Å². The Morgan fingerprint density at radius 2 is 2.12 bits per heavy atom. The molecule has 7 nitrogen and oxygen atoms in total. The molecule has 0 unspecified atom stereocenters. The molecule has 3 fully saturated rings. The van der Waals surface area contributed by atoms with E-state index in [1.165, 1.54) is 6.92 Å². The summed E-state index contributed by atoms with van der Waals surface area (Å²) in [4.78, 5) is 24.0. The molecule has 132 valence electrons. The first-order valence-corrected chi connectivity index (χ1v) is 8.21. The maximum Gasteiger partial charge on any atom is 0.302 e. The molecule has 7 heteroatoms. The highest BCUT2D eigenvalue weighted by Gasteiger charge is 2.83. The predicted octanol–water partition coefficient (Wildman–Crippen LogP) is -0.267. The summed E-state index contributed by atoms with van der Waals surface area (Å²) in [5.74, 6) is -0.900. The molecule has 0 aromatic carbocycles. The molecule has 2 aliphatic heterocycles. The summed E-state index contributed by atoms with van der Waals surface area (Å²) in [5.41, 5.74) is -2.27. The highest BCUT2D eigenvalue weighted by atomic mass is 16.6. The van der Waals surface area contributed by atoms with Crippen LogP contribution in [0.5, 0.6) is 0 Å². The van der Waals surface area contributed by atoms with E-state index in [0.29, 0.717) is 18.6 Å². The van der Waals surface area contributed by atoms with E-state index in [-0.39, 0.29) is 6.61 Å². The van der Waals surface area contributed by atoms with Gasteiger partial charge in [0.25, 0.3) is 0 Å². The topological polar surface area (TPSA) is 106 Å². The molecule has 7 atom stereocenters. The zero-order chi connectivity index (χ0) is 17.5. The van der Waals surface area contributed by atoms with Crippen molar-refractivity contribution in [2.75, 3.05) is 13.2 Å². The second-order valence-electron chi connectivity index (χ2n) is 7.70. The van der Waals surface area contributed by atoms with Crippen LogP contribution in [0.3, 0.4) is 0 Å². The molecule has 4 rings (SSSR count). The van der Waals surface area contributed by atoms with Crippen molar-refractivity contribution in [2.24, 2.45) is 10.8 Å². The fraction of sp³-hybridized carbons (Fsp3) is 0.765. The summed E-state index contributed by atoms with van der Waals surface area (Å²) >= 11 is 0. The van der Waals surface area contributed by atoms with Gasteiger partial charge < -0.3 is 24.4 Å². The van der Waals surface area contributed by atoms with Crippen molar-refractivity contribution in [1.82, 2.24) is 0 Å². The van der Waals surface area contributed by atoms with Crippen molar-refractivity contribution in [1.29, 1.82) is 0 Å². The van der Waals surface area contributed by atoms with Gasteiger partial charge in [-0.2, -0.15) is 0 Å². The van der Waals surface area contributed by atoms with Crippen LogP contribution in [0.2, 0.25) is 0 Å². The van der Waals surface area contributed by atoms with Gasteiger partial charge >= 0.3 is 5.97 Å². The molecule has 1 spiro atoms. The number of aliphatic hydroxyl groups excluding tert-OH is 2. The SMILES string of the molecule is CC(=O)OC[C@]12[C@H](O)C(=O)C(C)=C[C@H]1O[C@@H]1[C@H](O)C[C@@]2(C)[C@]12CO2. The van der Waals surface area contributed by atoms with Gasteiger partial charge in [0, 0.05) is 12.3 Å². The van der Waals surface area contributed by atoms with E-state index in [1.54, 1.807) is 13.0 Å². The Morgan fingerprint density at radius 1 is 1.46 bits per heavy atom. The van der Waals surface area contributed by atoms with Gasteiger partial charge in [0.05, 0.1) is 24.2 Å². The number of carbonyl (C=O) groups is 2. The minimum absolute atomic E-state index is 0.162. The van der Waals surface area contributed by atoms with E-state index < -0.39 is 52.6 Å². The lowest BCUT2D eigenvalue weighted by atomic mass is 9.50. The standard InChI is InChI=1S/C17H22O7/c1-8-4-11-16(6-22-9(2)18,13(21)12(8)20)15(3)5-10(19)14(24-11)17(15)7-23-17/h4,10-11,13-14,19,21H,5-7H2,1-3H3/t10-,11-,13-,14-,15-,16-,17+/m1/s1. The number of hydrogen-bond donors (Lipinski definition) is 2. The molecule has 2 N–H and O–H groups in total. The zero-order valence-electron chi connectivity index (χ0n) is 13.9. The first kappa shape index (κ1) is 16.2. The molecule has 0 amide bonds. The highest BCUT2D eigenvalue weighted by molar-refractivity contribution is 6.00. The molecule has 0 radical (unpaired) electrons. The van der Waals surface area contributed by atoms with E-state index in [2.05, 4.69) is 0 Å². The summed E-state index contributed by atoms with van der Waals surface area (Å²) in [5, 5.41) is 21.4. The van der Waals surface area contributed by atoms with Gasteiger partial charge in [-0.25, -0.2) is 0 Å². The maximum atomic E-state index is 12.5. The van der Waals surface area contributed by atoms with E-state index >= 15 is 0 Å². The largest absolute Gasteiger partial charge is 0.465 e. The van der Waals surface area contributed by atoms with Crippen molar-refractivity contribution in [3.05, 3.63) is 11.6 Å². The number of fused-ring (bicyclic) bond motifs is 2. The number of Topliss-reactive ketones (excluding diaryl/α,β-unsaturated/α-hetero) is 1. The summed E-state index contributed by atoms with van der Waals surface area (Å²) in [7, 11) is 0. The third-order valence-corrected chi connectivity index (χ3v) is 6.68. The van der Waals surface area contributed by atoms with Gasteiger partial charge in [-0.1, -0.05) is 6.92 Å². The fourth-order valence-corrected chi connectivity index (χ4v) is 5.21. The van der Waals surface area contributed by atoms with Crippen LogP contribution in [0.25, 0.3) is 0 Å². The van der Waals surface area contributed by atoms with Gasteiger partial charge in [-0.05, 0) is 25.0 Å². The Kier molecular flexibility index (Phi) is 3.15. The number of aliphatic hydroxyl groups is 2. The Morgan fingerprint density at radius 3 is 2.71 bits per heavy atom. The maximum absolute atomic E-state index is 12.5. The van der Waals surface area contributed by atoms with Crippen LogP contribution in [0.15, 0.2) is 11.6 Å². The molecule has 0 aromatic heterocycles. The van der Waals surface area contributed by atoms with Gasteiger partial charge in [-0.15, -0.1) is 0 Å². The first-order valence-electron chi connectivity index (χ1n) is 8.21. The van der Waals surface area contributed by atoms with E-state index in [9.17, 15) is 19.8 Å². The molecular weight excluding hydrogens is 316 g/mol. The Labute approximate surface area is 139 Å². The summed E-state index contributed by atoms with van der Waals surface area (Å²) in [6.07, 6.45) is -1.30. The fourth-order valence-electron chi connectivity index (χ4n) is 5.21. The van der Waals surface area contributed by atoms with Crippen LogP contribution in [0.4, 0.5) is 0 Å². The molecule has 24 heavy (non-hydrogen) atoms. The van der Waals surface area contributed by atoms with Crippen LogP contribution in [0.1, 0.15) is 27.2 Å². The quantitative estimate of drug-likeness (QED) is 0.527. The number of carbonyl (C=O) groups excluding carboxylic acids is 2. The van der Waals surface area contributed by atoms with Gasteiger partial charge in [0.15, 0.2) is 5.78 Å². The minimum atomic E-state index is -1.39. The van der Waals surface area contributed by atoms with E-state index in [0.717, 1.165) is 0 Å². The summed E-state index contributed by atoms with van der Waals surface area (Å²) in [6.45, 7) is 5.04. The van der Waals surface area contributed by atoms with E-state index in [1.807, 2.05) is 6.92 Å². The lowest BCUT2D eigenvalue weighted by Gasteiger charge is -2.58. The zero-order valence-corrected chi connectivity index (χ0v) is 13.9. The third kappa shape index (κ3) is 1.61. The van der Waals surface area contributed by atoms with Crippen LogP contribution < -0.4 is 0 Å². The molecule has 0 aromatic rings. The van der Waals surface area contributed by atoms with Crippen molar-refractivity contribution >= 4 is 11.8 Å². The monoisotopic (exact) mass is 338 g/mol. The molecule has 2 bridgehead atoms. The summed E-state index contributed by atoms with van der Waals surface area (Å²) in [6, 6.07) is 0. The second kappa shape index (κ2) is 4.66. The number of epoxide rings is 1.